The molecule has 570 valence electrons. The van der Waals surface area contributed by atoms with Gasteiger partial charge in [0.1, 0.15) is 72.9 Å². The maximum absolute atomic E-state index is 8.23. The summed E-state index contributed by atoms with van der Waals surface area (Å²) in [7, 11) is 7.39. The number of aromatic nitrogens is 7. The van der Waals surface area contributed by atoms with E-state index in [4.69, 9.17) is 47.3 Å². The average Bonchev–Trinajstić information content (AvgIpc) is 1.58. The smallest absolute Gasteiger partial charge is 0.216 e. The van der Waals surface area contributed by atoms with Crippen LogP contribution in [-0.4, -0.2) is 15.0 Å². The van der Waals surface area contributed by atoms with Crippen LogP contribution in [0.3, 0.4) is 0 Å². The van der Waals surface area contributed by atoms with Crippen LogP contribution < -0.4 is 18.3 Å². The molecule has 0 aliphatic rings. The van der Waals surface area contributed by atoms with Gasteiger partial charge < -0.3 is 17.7 Å². The van der Waals surface area contributed by atoms with Gasteiger partial charge in [-0.15, -0.1) is 0 Å². The van der Waals surface area contributed by atoms with E-state index in [-0.39, 0.29) is 16.7 Å². The van der Waals surface area contributed by atoms with Gasteiger partial charge in [0.05, 0.1) is 38.8 Å². The number of fused-ring (bicyclic) bond motifs is 16. The van der Waals surface area contributed by atoms with E-state index in [1.54, 1.807) is 75.4 Å². The topological polar surface area (TPSA) is 107 Å². The molecule has 9 aromatic carbocycles. The minimum absolute atomic E-state index is 0.248. The number of furan rings is 4. The molecule has 0 spiro atoms. The predicted octanol–water partition coefficient (Wildman–Crippen LogP) is 25.0. The number of rotatable bonds is 4. The SMILES string of the molecule is [2H]C([2H])([2H])c1c[n+](C)c(-c2c(C)cc(C([2H])([2H])[2H])c3c2oc2cc4cc(C)ccc4cc23)cc1C.[2H]C([2H])([2H])c1c[n+](C)c(-c2c(C)ccc3c2oc2cc4nc(C)c(C)cc4cc23)cc1C.[2H]C([2H])([2H])c1c[n+](C)c(-c2c(C)ccc3c2oc2cc4nc(C)cc(C([2H])([2H])[2H])c4cc23)cc1C.[2H]C([2H])([2H])c1c[n+](C)c(-c2c(C)ccc3c2oc2cc4nc(C)ccc4cc23)cc1C. The molecule has 0 amide bonds. The fraction of sp³-hybridized carbons (Fsp3) is 0.221. The first kappa shape index (κ1) is 56.5. The first-order valence-corrected chi connectivity index (χ1v) is 38.4. The van der Waals surface area contributed by atoms with Crippen LogP contribution in [0.1, 0.15) is 131 Å². The number of hydrogen-bond donors (Lipinski definition) is 0. The number of benzene rings is 9. The summed E-state index contributed by atoms with van der Waals surface area (Å²) in [4.78, 5) is 13.9. The van der Waals surface area contributed by atoms with Gasteiger partial charge in [0.25, 0.3) is 0 Å². The van der Waals surface area contributed by atoms with E-state index in [0.717, 1.165) is 194 Å². The maximum atomic E-state index is 8.23. The lowest BCUT2D eigenvalue weighted by molar-refractivity contribution is -0.660. The van der Waals surface area contributed by atoms with Gasteiger partial charge in [-0.25, -0.2) is 18.3 Å². The zero-order valence-electron chi connectivity index (χ0n) is 85.6. The monoisotopic (exact) mass is 1530 g/mol. The summed E-state index contributed by atoms with van der Waals surface area (Å²) in [5, 5.41) is 11.9. The minimum Gasteiger partial charge on any atom is -0.455 e. The van der Waals surface area contributed by atoms with E-state index in [9.17, 15) is 0 Å². The Morgan fingerprint density at radius 1 is 0.252 bits per heavy atom. The first-order chi connectivity index (χ1) is 62.2. The van der Waals surface area contributed by atoms with Crippen molar-refractivity contribution >= 4 is 131 Å². The molecule has 115 heavy (non-hydrogen) atoms. The molecular formula is C104H99N7O4+4. The highest BCUT2D eigenvalue weighted by molar-refractivity contribution is 6.17. The van der Waals surface area contributed by atoms with E-state index in [2.05, 4.69) is 85.3 Å². The van der Waals surface area contributed by atoms with Gasteiger partial charge in [0.2, 0.25) is 22.8 Å². The molecule has 11 nitrogen and oxygen atoms in total. The molecule has 0 saturated carbocycles. The molecule has 0 aliphatic carbocycles. The lowest BCUT2D eigenvalue weighted by Gasteiger charge is -2.09. The largest absolute Gasteiger partial charge is 0.455 e. The number of aryl methyl sites for hydroxylation is 23. The summed E-state index contributed by atoms with van der Waals surface area (Å²) in [6, 6.07) is 51.6. The number of pyridine rings is 7. The van der Waals surface area contributed by atoms with Gasteiger partial charge in [-0.1, -0.05) is 72.3 Å². The summed E-state index contributed by atoms with van der Waals surface area (Å²) in [5.74, 6) is 0. The second-order valence-corrected chi connectivity index (χ2v) is 31.4. The highest BCUT2D eigenvalue weighted by Gasteiger charge is 2.28. The Labute approximate surface area is 696 Å². The Morgan fingerprint density at radius 2 is 0.661 bits per heavy atom. The molecule has 20 aromatic rings. The zero-order valence-corrected chi connectivity index (χ0v) is 67.6. The van der Waals surface area contributed by atoms with Crippen LogP contribution in [0.2, 0.25) is 0 Å². The number of hydrogen-bond acceptors (Lipinski definition) is 7. The van der Waals surface area contributed by atoms with Gasteiger partial charge in [-0.2, -0.15) is 0 Å². The molecule has 0 N–H and O–H groups in total. The Balaban J connectivity index is 0.000000124. The summed E-state index contributed by atoms with van der Waals surface area (Å²) >= 11 is 0. The highest BCUT2D eigenvalue weighted by Crippen LogP contribution is 2.45. The third-order valence-electron chi connectivity index (χ3n) is 22.9. The van der Waals surface area contributed by atoms with Crippen molar-refractivity contribution < 1.29 is 60.6 Å². The molecule has 20 rings (SSSR count). The molecule has 11 heterocycles. The van der Waals surface area contributed by atoms with Crippen LogP contribution in [0.4, 0.5) is 0 Å². The Hall–Kier alpha value is -12.7. The second-order valence-electron chi connectivity index (χ2n) is 31.4. The van der Waals surface area contributed by atoms with Crippen LogP contribution in [0, 0.1) is 131 Å². The summed E-state index contributed by atoms with van der Waals surface area (Å²) < 4.78 is 176. The Morgan fingerprint density at radius 3 is 1.15 bits per heavy atom. The van der Waals surface area contributed by atoms with Crippen molar-refractivity contribution in [3.63, 3.8) is 0 Å². The predicted molar refractivity (Wildman–Crippen MR) is 475 cm³/mol. The zero-order chi connectivity index (χ0) is 95.9. The Bertz CT molecular complexity index is 8330. The van der Waals surface area contributed by atoms with E-state index in [1.807, 2.05) is 168 Å². The molecule has 0 saturated heterocycles. The molecular weight excluding hydrogens is 1410 g/mol. The summed E-state index contributed by atoms with van der Waals surface area (Å²) in [5.41, 5.74) is 28.4. The molecule has 0 atom stereocenters. The molecule has 0 bridgehead atoms. The molecule has 0 radical (unpaired) electrons. The van der Waals surface area contributed by atoms with E-state index in [1.165, 1.54) is 0 Å². The fourth-order valence-electron chi connectivity index (χ4n) is 16.5. The minimum atomic E-state index is -2.33. The molecule has 0 aliphatic heterocycles. The van der Waals surface area contributed by atoms with Crippen LogP contribution in [0.25, 0.3) is 176 Å². The molecule has 0 unspecified atom stereocenters. The third-order valence-corrected chi connectivity index (χ3v) is 22.9. The van der Waals surface area contributed by atoms with Crippen molar-refractivity contribution in [2.24, 2.45) is 28.2 Å². The van der Waals surface area contributed by atoms with Gasteiger partial charge in [-0.3, -0.25) is 15.0 Å². The lowest BCUT2D eigenvalue weighted by atomic mass is 9.95. The summed E-state index contributed by atoms with van der Waals surface area (Å²) in [6.45, 7) is 11.8. The molecule has 11 aromatic heterocycles. The van der Waals surface area contributed by atoms with Gasteiger partial charge in [0, 0.05) is 166 Å². The van der Waals surface area contributed by atoms with E-state index < -0.39 is 41.1 Å². The normalized spacial score (nSPS) is 14.8. The second kappa shape index (κ2) is 28.4. The standard InChI is InChI=1S/C27H26NO.2C26H25N2O.C25H23N2O/c1-15-7-8-20-12-22-24(13-21(20)9-15)29-27-25(22)17(3)10-18(4)26(27)23-11-16(2)19(5)14-28(23)6;1-14-7-8-20-21-11-19-9-16(3)18(5)27-22(19)12-24(21)29-26(20)25(14)23-10-15(2)17(4)13-28(23)6;1-14-7-8-19-21-11-20-16(3)9-18(5)27-22(20)12-24(21)29-26(19)25(14)23-10-15(2)17(4)13-28(23)6;1-14-6-9-19-20-11-18-8-7-17(4)26-21(18)12-23(20)28-25(19)24(14)22-10-15(2)16(3)13-27(22)5/h7-14H,1-6H3;2*7-13H,1-6H3;6-13H,1-5H3/q4*+1/i3D3,5D3;4D3;3D3,4D3;3D3. The van der Waals surface area contributed by atoms with Crippen LogP contribution in [0.5, 0.6) is 0 Å². The van der Waals surface area contributed by atoms with E-state index >= 15 is 0 Å². The van der Waals surface area contributed by atoms with Crippen LogP contribution in [-0.2, 0) is 28.2 Å². The van der Waals surface area contributed by atoms with Crippen molar-refractivity contribution in [3.05, 3.63) is 289 Å². The van der Waals surface area contributed by atoms with Gasteiger partial charge >= 0.3 is 0 Å². The number of nitrogens with zero attached hydrogens (tertiary/aromatic N) is 7. The van der Waals surface area contributed by atoms with E-state index in [0.29, 0.717) is 72.1 Å². The fourth-order valence-corrected chi connectivity index (χ4v) is 16.5. The van der Waals surface area contributed by atoms with Crippen molar-refractivity contribution in [2.75, 3.05) is 0 Å². The molecule has 0 fully saturated rings. The average molecular weight is 1530 g/mol. The quantitative estimate of drug-likeness (QED) is 0.162. The summed E-state index contributed by atoms with van der Waals surface area (Å²) in [6.07, 6.45) is 6.70. The third kappa shape index (κ3) is 13.1. The van der Waals surface area contributed by atoms with Crippen molar-refractivity contribution in [1.29, 1.82) is 0 Å². The van der Waals surface area contributed by atoms with Crippen LogP contribution >= 0.6 is 0 Å². The lowest BCUT2D eigenvalue weighted by Crippen LogP contribution is -2.31. The first-order valence-electron chi connectivity index (χ1n) is 47.4. The van der Waals surface area contributed by atoms with Crippen molar-refractivity contribution in [3.8, 4) is 45.0 Å². The van der Waals surface area contributed by atoms with Crippen LogP contribution in [0.15, 0.2) is 200 Å². The molecule has 11 heteroatoms. The Kier molecular flexibility index (Phi) is 14.0. The maximum Gasteiger partial charge on any atom is 0.216 e. The van der Waals surface area contributed by atoms with Crippen molar-refractivity contribution in [2.45, 2.75) is 131 Å². The van der Waals surface area contributed by atoms with Gasteiger partial charge in [0.15, 0.2) is 24.8 Å². The van der Waals surface area contributed by atoms with Gasteiger partial charge in [-0.05, 0) is 252 Å². The van der Waals surface area contributed by atoms with Crippen molar-refractivity contribution in [1.82, 2.24) is 15.0 Å². The highest BCUT2D eigenvalue weighted by atomic mass is 16.3.